The molecule has 3 aromatic rings. The average Bonchev–Trinajstić information content (AvgIpc) is 2.96. The van der Waals surface area contributed by atoms with Crippen molar-refractivity contribution >= 4 is 27.5 Å². The van der Waals surface area contributed by atoms with Gasteiger partial charge in [0, 0.05) is 12.6 Å². The number of nitrogens with zero attached hydrogens (tertiary/aromatic N) is 2. The molecule has 0 saturated carbocycles. The van der Waals surface area contributed by atoms with Gasteiger partial charge in [-0.05, 0) is 81.1 Å². The number of carbonyl (C=O) groups is 2. The van der Waals surface area contributed by atoms with Crippen LogP contribution in [-0.2, 0) is 26.2 Å². The van der Waals surface area contributed by atoms with E-state index >= 15 is 0 Å². The van der Waals surface area contributed by atoms with E-state index in [-0.39, 0.29) is 23.4 Å². The molecule has 9 heteroatoms. The standard InChI is InChI=1S/C31H39N3O5S/c1-7-24(4)32-31(36)25(5)33(20-26-15-17-27(39-6)18-16-26)30(35)21-34(29-19-22(2)13-14-23(29)3)40(37,38)28-11-9-8-10-12-28/h8-19,24-25H,7,20-21H2,1-6H3,(H,32,36)/t24-,25+/m1/s1. The highest BCUT2D eigenvalue weighted by Gasteiger charge is 2.33. The smallest absolute Gasteiger partial charge is 0.264 e. The summed E-state index contributed by atoms with van der Waals surface area (Å²) in [6.45, 7) is 8.84. The number of amides is 2. The minimum absolute atomic E-state index is 0.0715. The molecule has 0 aliphatic heterocycles. The van der Waals surface area contributed by atoms with Crippen molar-refractivity contribution in [1.29, 1.82) is 0 Å². The Morgan fingerprint density at radius 2 is 1.60 bits per heavy atom. The first-order chi connectivity index (χ1) is 19.0. The van der Waals surface area contributed by atoms with Crippen molar-refractivity contribution in [2.75, 3.05) is 18.0 Å². The number of anilines is 1. The maximum atomic E-state index is 14.0. The number of sulfonamides is 1. The first-order valence-corrected chi connectivity index (χ1v) is 14.8. The summed E-state index contributed by atoms with van der Waals surface area (Å²) < 4.78 is 34.3. The number of methoxy groups -OCH3 is 1. The fraction of sp³-hybridized carbons (Fsp3) is 0.355. The van der Waals surface area contributed by atoms with Crippen molar-refractivity contribution in [1.82, 2.24) is 10.2 Å². The lowest BCUT2D eigenvalue weighted by Crippen LogP contribution is -2.52. The van der Waals surface area contributed by atoms with E-state index in [1.807, 2.05) is 52.0 Å². The SMILES string of the molecule is CC[C@@H](C)NC(=O)[C@H](C)N(Cc1ccc(OC)cc1)C(=O)CN(c1cc(C)ccc1C)S(=O)(=O)c1ccccc1. The number of aryl methyl sites for hydroxylation is 2. The van der Waals surface area contributed by atoms with E-state index in [0.29, 0.717) is 17.0 Å². The second kappa shape index (κ2) is 13.5. The largest absolute Gasteiger partial charge is 0.497 e. The second-order valence-electron chi connectivity index (χ2n) is 9.98. The summed E-state index contributed by atoms with van der Waals surface area (Å²) in [7, 11) is -2.53. The van der Waals surface area contributed by atoms with E-state index < -0.39 is 28.5 Å². The van der Waals surface area contributed by atoms with Crippen LogP contribution in [0.3, 0.4) is 0 Å². The number of nitrogens with one attached hydrogen (secondary N) is 1. The van der Waals surface area contributed by atoms with Crippen LogP contribution in [0, 0.1) is 13.8 Å². The fourth-order valence-corrected chi connectivity index (χ4v) is 5.69. The second-order valence-corrected chi connectivity index (χ2v) is 11.8. The highest BCUT2D eigenvalue weighted by Crippen LogP contribution is 2.28. The average molecular weight is 566 g/mol. The van der Waals surface area contributed by atoms with Gasteiger partial charge in [-0.15, -0.1) is 0 Å². The van der Waals surface area contributed by atoms with Crippen LogP contribution in [0.5, 0.6) is 5.75 Å². The third-order valence-corrected chi connectivity index (χ3v) is 8.70. The van der Waals surface area contributed by atoms with Crippen LogP contribution in [0.15, 0.2) is 77.7 Å². The van der Waals surface area contributed by atoms with Crippen LogP contribution in [0.2, 0.25) is 0 Å². The molecular formula is C31H39N3O5S. The molecule has 3 aromatic carbocycles. The van der Waals surface area contributed by atoms with E-state index in [4.69, 9.17) is 4.74 Å². The maximum absolute atomic E-state index is 14.0. The van der Waals surface area contributed by atoms with E-state index in [1.54, 1.807) is 50.4 Å². The highest BCUT2D eigenvalue weighted by molar-refractivity contribution is 7.92. The van der Waals surface area contributed by atoms with Crippen LogP contribution < -0.4 is 14.4 Å². The van der Waals surface area contributed by atoms with Gasteiger partial charge in [0.2, 0.25) is 11.8 Å². The van der Waals surface area contributed by atoms with Gasteiger partial charge >= 0.3 is 0 Å². The zero-order valence-corrected chi connectivity index (χ0v) is 24.9. The summed E-state index contributed by atoms with van der Waals surface area (Å²) in [6, 6.07) is 19.8. The molecule has 0 saturated heterocycles. The summed E-state index contributed by atoms with van der Waals surface area (Å²) in [5.74, 6) is -0.136. The molecule has 0 aliphatic carbocycles. The minimum Gasteiger partial charge on any atom is -0.497 e. The quantitative estimate of drug-likeness (QED) is 0.339. The molecule has 1 N–H and O–H groups in total. The highest BCUT2D eigenvalue weighted by atomic mass is 32.2. The molecule has 0 aliphatic rings. The number of benzene rings is 3. The molecule has 0 heterocycles. The normalized spacial score (nSPS) is 12.8. The molecule has 2 amide bonds. The summed E-state index contributed by atoms with van der Waals surface area (Å²) >= 11 is 0. The fourth-order valence-electron chi connectivity index (χ4n) is 4.20. The molecule has 0 radical (unpaired) electrons. The molecule has 3 rings (SSSR count). The maximum Gasteiger partial charge on any atom is 0.264 e. The number of hydrogen-bond acceptors (Lipinski definition) is 5. The molecule has 2 atom stereocenters. The lowest BCUT2D eigenvalue weighted by molar-refractivity contribution is -0.139. The van der Waals surface area contributed by atoms with Gasteiger partial charge in [0.1, 0.15) is 18.3 Å². The molecular weight excluding hydrogens is 526 g/mol. The molecule has 0 spiro atoms. The molecule has 0 bridgehead atoms. The van der Waals surface area contributed by atoms with Crippen molar-refractivity contribution in [3.05, 3.63) is 89.5 Å². The number of rotatable bonds is 12. The zero-order chi connectivity index (χ0) is 29.4. The van der Waals surface area contributed by atoms with E-state index in [0.717, 1.165) is 21.9 Å². The Hall–Kier alpha value is -3.85. The van der Waals surface area contributed by atoms with Gasteiger partial charge in [-0.1, -0.05) is 49.4 Å². The Morgan fingerprint density at radius 3 is 2.20 bits per heavy atom. The van der Waals surface area contributed by atoms with E-state index in [2.05, 4.69) is 5.32 Å². The monoisotopic (exact) mass is 565 g/mol. The summed E-state index contributed by atoms with van der Waals surface area (Å²) in [4.78, 5) is 28.7. The Labute approximate surface area is 238 Å². The van der Waals surface area contributed by atoms with Gasteiger partial charge < -0.3 is 15.0 Å². The van der Waals surface area contributed by atoms with Gasteiger partial charge in [0.25, 0.3) is 10.0 Å². The number of hydrogen-bond donors (Lipinski definition) is 1. The van der Waals surface area contributed by atoms with Crippen molar-refractivity contribution in [3.8, 4) is 5.75 Å². The van der Waals surface area contributed by atoms with Gasteiger partial charge in [0.15, 0.2) is 0 Å². The number of carbonyl (C=O) groups excluding carboxylic acids is 2. The van der Waals surface area contributed by atoms with Crippen molar-refractivity contribution < 1.29 is 22.7 Å². The molecule has 214 valence electrons. The Morgan fingerprint density at radius 1 is 0.950 bits per heavy atom. The zero-order valence-electron chi connectivity index (χ0n) is 24.0. The minimum atomic E-state index is -4.10. The molecule has 0 unspecified atom stereocenters. The Kier molecular flexibility index (Phi) is 10.3. The van der Waals surface area contributed by atoms with Crippen molar-refractivity contribution in [2.24, 2.45) is 0 Å². The Bertz CT molecular complexity index is 1410. The van der Waals surface area contributed by atoms with E-state index in [1.165, 1.54) is 17.0 Å². The van der Waals surface area contributed by atoms with E-state index in [9.17, 15) is 18.0 Å². The predicted octanol–water partition coefficient (Wildman–Crippen LogP) is 4.84. The third-order valence-electron chi connectivity index (χ3n) is 6.92. The lowest BCUT2D eigenvalue weighted by atomic mass is 10.1. The number of ether oxygens (including phenoxy) is 1. The van der Waals surface area contributed by atoms with Crippen molar-refractivity contribution in [3.63, 3.8) is 0 Å². The topological polar surface area (TPSA) is 96.0 Å². The Balaban J connectivity index is 2.05. The lowest BCUT2D eigenvalue weighted by Gasteiger charge is -2.33. The third kappa shape index (κ3) is 7.41. The van der Waals surface area contributed by atoms with Crippen LogP contribution in [-0.4, -0.2) is 50.9 Å². The molecule has 0 aromatic heterocycles. The van der Waals surface area contributed by atoms with Crippen LogP contribution in [0.25, 0.3) is 0 Å². The summed E-state index contributed by atoms with van der Waals surface area (Å²) in [5.41, 5.74) is 2.76. The first-order valence-electron chi connectivity index (χ1n) is 13.4. The van der Waals surface area contributed by atoms with Crippen LogP contribution in [0.4, 0.5) is 5.69 Å². The van der Waals surface area contributed by atoms with Gasteiger partial charge in [-0.3, -0.25) is 13.9 Å². The van der Waals surface area contributed by atoms with Crippen molar-refractivity contribution in [2.45, 2.75) is 64.6 Å². The molecule has 8 nitrogen and oxygen atoms in total. The molecule has 0 fully saturated rings. The van der Waals surface area contributed by atoms with Crippen LogP contribution >= 0.6 is 0 Å². The first kappa shape index (κ1) is 30.7. The molecule has 40 heavy (non-hydrogen) atoms. The van der Waals surface area contributed by atoms with Gasteiger partial charge in [-0.2, -0.15) is 0 Å². The van der Waals surface area contributed by atoms with Crippen LogP contribution in [0.1, 0.15) is 43.9 Å². The summed E-state index contributed by atoms with van der Waals surface area (Å²) in [5, 5.41) is 2.94. The predicted molar refractivity (Wildman–Crippen MR) is 158 cm³/mol. The summed E-state index contributed by atoms with van der Waals surface area (Å²) in [6.07, 6.45) is 0.737. The van der Waals surface area contributed by atoms with Gasteiger partial charge in [0.05, 0.1) is 17.7 Å². The van der Waals surface area contributed by atoms with Gasteiger partial charge in [-0.25, -0.2) is 8.42 Å².